The minimum atomic E-state index is -1.30. The van der Waals surface area contributed by atoms with E-state index in [9.17, 15) is 19.5 Å². The number of nitrogens with one attached hydrogen (secondary N) is 1. The summed E-state index contributed by atoms with van der Waals surface area (Å²) in [6.45, 7) is 8.32. The molecule has 0 spiro atoms. The summed E-state index contributed by atoms with van der Waals surface area (Å²) < 4.78 is 5.60. The van der Waals surface area contributed by atoms with Crippen molar-refractivity contribution in [2.45, 2.75) is 58.0 Å². The molecular weight excluding hydrogens is 420 g/mol. The topological polar surface area (TPSA) is 95.9 Å². The third-order valence-electron chi connectivity index (χ3n) is 6.25. The molecule has 2 N–H and O–H groups in total. The molecule has 0 saturated heterocycles. The van der Waals surface area contributed by atoms with Crippen LogP contribution < -0.4 is 5.32 Å². The molecular formula is C26H32N2O5. The molecule has 0 aromatic heterocycles. The second-order valence-electron chi connectivity index (χ2n) is 9.59. The molecule has 33 heavy (non-hydrogen) atoms. The Bertz CT molecular complexity index is 1010. The van der Waals surface area contributed by atoms with Crippen molar-refractivity contribution in [1.82, 2.24) is 10.2 Å². The van der Waals surface area contributed by atoms with E-state index in [2.05, 4.69) is 17.4 Å². The van der Waals surface area contributed by atoms with Gasteiger partial charge in [-0.15, -0.1) is 0 Å². The quantitative estimate of drug-likeness (QED) is 0.649. The lowest BCUT2D eigenvalue weighted by Crippen LogP contribution is -2.62. The van der Waals surface area contributed by atoms with E-state index in [1.165, 1.54) is 4.90 Å². The molecule has 2 amide bonds. The molecule has 0 aliphatic heterocycles. The normalized spacial score (nSPS) is 14.6. The maximum atomic E-state index is 13.3. The first-order valence-electron chi connectivity index (χ1n) is 11.1. The number of carboxylic acid groups (broad SMARTS) is 1. The maximum absolute atomic E-state index is 13.3. The number of carbonyl (C=O) groups excluding carboxylic acids is 2. The van der Waals surface area contributed by atoms with Crippen molar-refractivity contribution in [1.29, 1.82) is 0 Å². The number of amides is 2. The number of ether oxygens (including phenoxy) is 1. The number of nitrogens with zero attached hydrogens (tertiary/aromatic N) is 1. The number of aliphatic carboxylic acids is 1. The highest BCUT2D eigenvalue weighted by molar-refractivity contribution is 5.92. The fourth-order valence-electron chi connectivity index (χ4n) is 4.20. The average molecular weight is 453 g/mol. The summed E-state index contributed by atoms with van der Waals surface area (Å²) in [6.07, 6.45) is -0.430. The van der Waals surface area contributed by atoms with Crippen molar-refractivity contribution in [3.8, 4) is 11.1 Å². The SMILES string of the molecule is CCC(C)(NC(=O)OCC1c2ccccc2-c2ccccc21)C(=O)N(CC(=O)O)C(C)(C)C. The van der Waals surface area contributed by atoms with Crippen molar-refractivity contribution in [2.24, 2.45) is 0 Å². The summed E-state index contributed by atoms with van der Waals surface area (Å²) in [7, 11) is 0. The first kappa shape index (κ1) is 24.3. The molecule has 2 aromatic carbocycles. The molecule has 7 heteroatoms. The molecule has 0 bridgehead atoms. The molecule has 176 valence electrons. The number of hydrogen-bond acceptors (Lipinski definition) is 4. The minimum absolute atomic E-state index is 0.0928. The summed E-state index contributed by atoms with van der Waals surface area (Å²) in [4.78, 5) is 38.7. The van der Waals surface area contributed by atoms with Gasteiger partial charge < -0.3 is 20.1 Å². The molecule has 0 fully saturated rings. The lowest BCUT2D eigenvalue weighted by molar-refractivity contribution is -0.151. The fraction of sp³-hybridized carbons (Fsp3) is 0.423. The Balaban J connectivity index is 1.74. The van der Waals surface area contributed by atoms with Crippen LogP contribution in [0.4, 0.5) is 4.79 Å². The van der Waals surface area contributed by atoms with Crippen LogP contribution in [0.25, 0.3) is 11.1 Å². The Morgan fingerprint density at radius 1 is 0.970 bits per heavy atom. The van der Waals surface area contributed by atoms with Crippen molar-refractivity contribution < 1.29 is 24.2 Å². The Kier molecular flexibility index (Phi) is 6.81. The summed E-state index contributed by atoms with van der Waals surface area (Å²) in [5.41, 5.74) is 2.43. The van der Waals surface area contributed by atoms with Gasteiger partial charge in [-0.3, -0.25) is 9.59 Å². The van der Waals surface area contributed by atoms with Crippen molar-refractivity contribution in [3.05, 3.63) is 59.7 Å². The molecule has 1 unspecified atom stereocenters. The summed E-state index contributed by atoms with van der Waals surface area (Å²) in [5, 5.41) is 12.0. The number of carboxylic acids is 1. The van der Waals surface area contributed by atoms with Crippen LogP contribution in [0.1, 0.15) is 58.1 Å². The third kappa shape index (κ3) is 5.02. The van der Waals surface area contributed by atoms with E-state index in [0.717, 1.165) is 22.3 Å². The second-order valence-corrected chi connectivity index (χ2v) is 9.59. The summed E-state index contributed by atoms with van der Waals surface area (Å²) in [5.74, 6) is -1.67. The van der Waals surface area contributed by atoms with Crippen LogP contribution in [0.3, 0.4) is 0 Å². The van der Waals surface area contributed by atoms with Gasteiger partial charge in [-0.05, 0) is 56.4 Å². The fourth-order valence-corrected chi connectivity index (χ4v) is 4.20. The second kappa shape index (κ2) is 9.25. The van der Waals surface area contributed by atoms with Crippen LogP contribution >= 0.6 is 0 Å². The van der Waals surface area contributed by atoms with Gasteiger partial charge in [-0.25, -0.2) is 4.79 Å². The van der Waals surface area contributed by atoms with Crippen molar-refractivity contribution >= 4 is 18.0 Å². The highest BCUT2D eigenvalue weighted by atomic mass is 16.5. The van der Waals surface area contributed by atoms with E-state index in [0.29, 0.717) is 0 Å². The van der Waals surface area contributed by atoms with E-state index in [4.69, 9.17) is 4.74 Å². The number of fused-ring (bicyclic) bond motifs is 3. The van der Waals surface area contributed by atoms with Crippen molar-refractivity contribution in [2.75, 3.05) is 13.2 Å². The Morgan fingerprint density at radius 3 is 1.94 bits per heavy atom. The zero-order valence-corrected chi connectivity index (χ0v) is 19.8. The van der Waals surface area contributed by atoms with Crippen LogP contribution in [0, 0.1) is 0 Å². The number of hydrogen-bond donors (Lipinski definition) is 2. The van der Waals surface area contributed by atoms with Gasteiger partial charge in [0.05, 0.1) is 0 Å². The predicted molar refractivity (Wildman–Crippen MR) is 126 cm³/mol. The monoisotopic (exact) mass is 452 g/mol. The molecule has 0 saturated carbocycles. The number of carbonyl (C=O) groups is 3. The Morgan fingerprint density at radius 2 is 1.48 bits per heavy atom. The maximum Gasteiger partial charge on any atom is 0.408 e. The molecule has 1 aliphatic carbocycles. The Hall–Kier alpha value is -3.35. The highest BCUT2D eigenvalue weighted by Gasteiger charge is 2.42. The number of alkyl carbamates (subject to hydrolysis) is 1. The zero-order chi connectivity index (χ0) is 24.4. The van der Waals surface area contributed by atoms with Gasteiger partial charge in [0.1, 0.15) is 18.7 Å². The summed E-state index contributed by atoms with van der Waals surface area (Å²) >= 11 is 0. The number of benzene rings is 2. The van der Waals surface area contributed by atoms with Gasteiger partial charge in [-0.2, -0.15) is 0 Å². The highest BCUT2D eigenvalue weighted by Crippen LogP contribution is 2.44. The van der Waals surface area contributed by atoms with Crippen LogP contribution in [-0.2, 0) is 14.3 Å². The first-order chi connectivity index (χ1) is 15.5. The van der Waals surface area contributed by atoms with Gasteiger partial charge in [-0.1, -0.05) is 55.5 Å². The Labute approximate surface area is 194 Å². The van der Waals surface area contributed by atoms with E-state index < -0.39 is 35.6 Å². The third-order valence-corrected chi connectivity index (χ3v) is 6.25. The van der Waals surface area contributed by atoms with Gasteiger partial charge in [0, 0.05) is 11.5 Å². The van der Waals surface area contributed by atoms with Gasteiger partial charge >= 0.3 is 12.1 Å². The first-order valence-corrected chi connectivity index (χ1v) is 11.1. The minimum Gasteiger partial charge on any atom is -0.480 e. The van der Waals surface area contributed by atoms with Gasteiger partial charge in [0.25, 0.3) is 0 Å². The lowest BCUT2D eigenvalue weighted by Gasteiger charge is -2.40. The average Bonchev–Trinajstić information content (AvgIpc) is 3.08. The van der Waals surface area contributed by atoms with Crippen LogP contribution in [0.2, 0.25) is 0 Å². The smallest absolute Gasteiger partial charge is 0.408 e. The van der Waals surface area contributed by atoms with E-state index >= 15 is 0 Å². The molecule has 1 atom stereocenters. The molecule has 7 nitrogen and oxygen atoms in total. The number of rotatable bonds is 7. The van der Waals surface area contributed by atoms with Gasteiger partial charge in [0.15, 0.2) is 0 Å². The van der Waals surface area contributed by atoms with Crippen molar-refractivity contribution in [3.63, 3.8) is 0 Å². The zero-order valence-electron chi connectivity index (χ0n) is 19.8. The standard InChI is InChI=1S/C26H32N2O5/c1-6-26(5,23(31)28(15-22(29)30)25(2,3)4)27-24(32)33-16-21-19-13-9-7-11-17(19)18-12-8-10-14-20(18)21/h7-14,21H,6,15-16H2,1-5H3,(H,27,32)(H,29,30). The van der Waals surface area contributed by atoms with Crippen LogP contribution in [0.5, 0.6) is 0 Å². The van der Waals surface area contributed by atoms with E-state index in [1.54, 1.807) is 34.6 Å². The molecule has 1 aliphatic rings. The summed E-state index contributed by atoms with van der Waals surface area (Å²) in [6, 6.07) is 16.1. The predicted octanol–water partition coefficient (Wildman–Crippen LogP) is 4.41. The lowest BCUT2D eigenvalue weighted by atomic mass is 9.93. The van der Waals surface area contributed by atoms with E-state index in [-0.39, 0.29) is 18.9 Å². The molecule has 0 radical (unpaired) electrons. The molecule has 0 heterocycles. The van der Waals surface area contributed by atoms with Gasteiger partial charge in [0.2, 0.25) is 5.91 Å². The van der Waals surface area contributed by atoms with Crippen LogP contribution in [0.15, 0.2) is 48.5 Å². The van der Waals surface area contributed by atoms with Crippen LogP contribution in [-0.4, -0.2) is 52.2 Å². The molecule has 3 rings (SSSR count). The largest absolute Gasteiger partial charge is 0.480 e. The van der Waals surface area contributed by atoms with E-state index in [1.807, 2.05) is 36.4 Å². The molecule has 2 aromatic rings.